The first-order valence-electron chi connectivity index (χ1n) is 9.55. The third-order valence-electron chi connectivity index (χ3n) is 4.80. The van der Waals surface area contributed by atoms with Gasteiger partial charge in [-0.15, -0.1) is 0 Å². The van der Waals surface area contributed by atoms with Crippen molar-refractivity contribution in [3.8, 4) is 5.75 Å². The third kappa shape index (κ3) is 4.56. The van der Waals surface area contributed by atoms with E-state index < -0.39 is 12.1 Å². The first-order chi connectivity index (χ1) is 13.8. The Kier molecular flexibility index (Phi) is 5.87. The van der Waals surface area contributed by atoms with Crippen LogP contribution >= 0.6 is 0 Å². The zero-order chi connectivity index (χ0) is 21.1. The molecule has 1 aliphatic heterocycles. The first kappa shape index (κ1) is 20.4. The molecule has 2 aromatic carbocycles. The van der Waals surface area contributed by atoms with Crippen LogP contribution in [-0.4, -0.2) is 29.9 Å². The molecule has 1 aliphatic rings. The van der Waals surface area contributed by atoms with E-state index in [9.17, 15) is 14.4 Å². The highest BCUT2D eigenvalue weighted by molar-refractivity contribution is 6.03. The number of anilines is 2. The highest BCUT2D eigenvalue weighted by Gasteiger charge is 2.27. The fraction of sp³-hybridized carbons (Fsp3) is 0.318. The third-order valence-corrected chi connectivity index (χ3v) is 4.80. The van der Waals surface area contributed by atoms with Crippen molar-refractivity contribution in [2.75, 3.05) is 10.6 Å². The van der Waals surface area contributed by atoms with Crippen molar-refractivity contribution in [2.45, 2.75) is 39.8 Å². The fourth-order valence-electron chi connectivity index (χ4n) is 3.09. The molecule has 0 bridgehead atoms. The molecule has 0 saturated carbocycles. The maximum absolute atomic E-state index is 12.8. The molecule has 7 nitrogen and oxygen atoms in total. The van der Waals surface area contributed by atoms with Crippen molar-refractivity contribution in [2.24, 2.45) is 5.92 Å². The molecule has 2 atom stereocenters. The average Bonchev–Trinajstić information content (AvgIpc) is 2.67. The van der Waals surface area contributed by atoms with Gasteiger partial charge in [-0.1, -0.05) is 32.0 Å². The number of benzene rings is 2. The van der Waals surface area contributed by atoms with Crippen LogP contribution in [0.25, 0.3) is 0 Å². The summed E-state index contributed by atoms with van der Waals surface area (Å²) in [6, 6.07) is 11.5. The molecule has 3 amide bonds. The summed E-state index contributed by atoms with van der Waals surface area (Å²) in [4.78, 5) is 37.3. The summed E-state index contributed by atoms with van der Waals surface area (Å²) in [5.41, 5.74) is 2.38. The second-order valence-corrected chi connectivity index (χ2v) is 7.46. The number of nitrogens with one attached hydrogen (secondary N) is 3. The van der Waals surface area contributed by atoms with Gasteiger partial charge in [0.15, 0.2) is 6.10 Å². The maximum Gasteiger partial charge on any atom is 0.265 e. The monoisotopic (exact) mass is 395 g/mol. The predicted octanol–water partition coefficient (Wildman–Crippen LogP) is 3.11. The Morgan fingerprint density at radius 2 is 1.86 bits per heavy atom. The van der Waals surface area contributed by atoms with Gasteiger partial charge in [-0.3, -0.25) is 14.4 Å². The molecule has 0 radical (unpaired) electrons. The second kappa shape index (κ2) is 8.34. The summed E-state index contributed by atoms with van der Waals surface area (Å²) in [6.07, 6.45) is -0.565. The topological polar surface area (TPSA) is 96.5 Å². The van der Waals surface area contributed by atoms with Crippen LogP contribution in [0.4, 0.5) is 11.4 Å². The Hall–Kier alpha value is -3.35. The Labute approximate surface area is 169 Å². The smallest absolute Gasteiger partial charge is 0.265 e. The summed E-state index contributed by atoms with van der Waals surface area (Å²) < 4.78 is 5.52. The van der Waals surface area contributed by atoms with Gasteiger partial charge in [0.1, 0.15) is 11.8 Å². The molecular formula is C22H25N3O4. The molecular weight excluding hydrogens is 370 g/mol. The molecule has 0 saturated heterocycles. The van der Waals surface area contributed by atoms with Crippen molar-refractivity contribution in [1.82, 2.24) is 5.32 Å². The van der Waals surface area contributed by atoms with Gasteiger partial charge in [0.2, 0.25) is 5.91 Å². The van der Waals surface area contributed by atoms with Gasteiger partial charge in [-0.05, 0) is 49.6 Å². The van der Waals surface area contributed by atoms with Gasteiger partial charge in [0, 0.05) is 11.3 Å². The van der Waals surface area contributed by atoms with Gasteiger partial charge in [-0.2, -0.15) is 0 Å². The van der Waals surface area contributed by atoms with Crippen molar-refractivity contribution >= 4 is 29.1 Å². The molecule has 7 heteroatoms. The molecule has 2 aromatic rings. The van der Waals surface area contributed by atoms with E-state index >= 15 is 0 Å². The Bertz CT molecular complexity index is 955. The highest BCUT2D eigenvalue weighted by Crippen LogP contribution is 2.32. The summed E-state index contributed by atoms with van der Waals surface area (Å²) in [5.74, 6) is -0.449. The van der Waals surface area contributed by atoms with E-state index in [2.05, 4.69) is 16.0 Å². The van der Waals surface area contributed by atoms with E-state index in [0.29, 0.717) is 22.7 Å². The minimum absolute atomic E-state index is 0.121. The zero-order valence-corrected chi connectivity index (χ0v) is 16.9. The number of hydrogen-bond donors (Lipinski definition) is 3. The van der Waals surface area contributed by atoms with Crippen molar-refractivity contribution in [3.05, 3.63) is 53.6 Å². The quantitative estimate of drug-likeness (QED) is 0.725. The second-order valence-electron chi connectivity index (χ2n) is 7.46. The van der Waals surface area contributed by atoms with Gasteiger partial charge in [0.05, 0.1) is 5.69 Å². The predicted molar refractivity (Wildman–Crippen MR) is 111 cm³/mol. The summed E-state index contributed by atoms with van der Waals surface area (Å²) in [5, 5.41) is 8.38. The van der Waals surface area contributed by atoms with E-state index in [-0.39, 0.29) is 23.6 Å². The lowest BCUT2D eigenvalue weighted by Gasteiger charge is -2.25. The Morgan fingerprint density at radius 3 is 2.55 bits per heavy atom. The fourth-order valence-corrected chi connectivity index (χ4v) is 3.09. The molecule has 0 spiro atoms. The molecule has 0 unspecified atom stereocenters. The Balaban J connectivity index is 1.74. The van der Waals surface area contributed by atoms with E-state index in [1.54, 1.807) is 37.3 Å². The number of fused-ring (bicyclic) bond motifs is 1. The van der Waals surface area contributed by atoms with Gasteiger partial charge in [0.25, 0.3) is 11.8 Å². The zero-order valence-electron chi connectivity index (χ0n) is 16.9. The number of carbonyl (C=O) groups is 3. The number of aryl methyl sites for hydroxylation is 1. The molecule has 29 heavy (non-hydrogen) atoms. The number of hydrogen-bond acceptors (Lipinski definition) is 4. The Morgan fingerprint density at radius 1 is 1.14 bits per heavy atom. The van der Waals surface area contributed by atoms with Crippen LogP contribution < -0.4 is 20.7 Å². The van der Waals surface area contributed by atoms with Crippen molar-refractivity contribution in [3.63, 3.8) is 0 Å². The highest BCUT2D eigenvalue weighted by atomic mass is 16.5. The number of rotatable bonds is 5. The van der Waals surface area contributed by atoms with Crippen LogP contribution in [-0.2, 0) is 9.59 Å². The number of carbonyl (C=O) groups excluding carboxylic acids is 3. The van der Waals surface area contributed by atoms with E-state index in [1.807, 2.05) is 32.9 Å². The average molecular weight is 395 g/mol. The van der Waals surface area contributed by atoms with Crippen molar-refractivity contribution in [1.29, 1.82) is 0 Å². The van der Waals surface area contributed by atoms with Gasteiger partial charge >= 0.3 is 0 Å². The summed E-state index contributed by atoms with van der Waals surface area (Å²) >= 11 is 0. The summed E-state index contributed by atoms with van der Waals surface area (Å²) in [7, 11) is 0. The molecule has 1 heterocycles. The minimum Gasteiger partial charge on any atom is -0.479 e. The molecule has 3 N–H and O–H groups in total. The van der Waals surface area contributed by atoms with E-state index in [0.717, 1.165) is 5.56 Å². The molecule has 0 aliphatic carbocycles. The lowest BCUT2D eigenvalue weighted by atomic mass is 10.0. The van der Waals surface area contributed by atoms with Crippen LogP contribution in [0.2, 0.25) is 0 Å². The first-order valence-corrected chi connectivity index (χ1v) is 9.55. The van der Waals surface area contributed by atoms with E-state index in [1.165, 1.54) is 0 Å². The van der Waals surface area contributed by atoms with Gasteiger partial charge < -0.3 is 20.7 Å². The molecule has 152 valence electrons. The lowest BCUT2D eigenvalue weighted by Crippen LogP contribution is -2.47. The molecule has 3 rings (SSSR count). The molecule has 0 fully saturated rings. The van der Waals surface area contributed by atoms with Crippen LogP contribution in [0, 0.1) is 12.8 Å². The van der Waals surface area contributed by atoms with E-state index in [4.69, 9.17) is 4.74 Å². The normalized spacial score (nSPS) is 16.3. The van der Waals surface area contributed by atoms with Crippen molar-refractivity contribution < 1.29 is 19.1 Å². The lowest BCUT2D eigenvalue weighted by molar-refractivity contribution is -0.122. The SMILES string of the molecule is Cc1ccccc1C(=O)N[C@H](C(=O)Nc1ccc2c(c1)NC(=O)[C@H](C)O2)C(C)C. The number of ether oxygens (including phenoxy) is 1. The largest absolute Gasteiger partial charge is 0.479 e. The van der Waals surface area contributed by atoms with Crippen LogP contribution in [0.5, 0.6) is 5.75 Å². The maximum atomic E-state index is 12.8. The van der Waals surface area contributed by atoms with Crippen LogP contribution in [0.3, 0.4) is 0 Å². The molecule has 0 aromatic heterocycles. The van der Waals surface area contributed by atoms with Gasteiger partial charge in [-0.25, -0.2) is 0 Å². The summed E-state index contributed by atoms with van der Waals surface area (Å²) in [6.45, 7) is 7.25. The minimum atomic E-state index is -0.719. The standard InChI is InChI=1S/C22H25N3O4/c1-12(2)19(25-21(27)16-8-6-5-7-13(16)3)22(28)23-15-9-10-18-17(11-15)24-20(26)14(4)29-18/h5-12,14,19H,1-4H3,(H,23,28)(H,24,26)(H,25,27)/t14-,19-/m0/s1. The number of amides is 3. The van der Waals surface area contributed by atoms with Crippen LogP contribution in [0.15, 0.2) is 42.5 Å². The van der Waals surface area contributed by atoms with Crippen LogP contribution in [0.1, 0.15) is 36.7 Å².